The third-order valence-electron chi connectivity index (χ3n) is 7.56. The van der Waals surface area contributed by atoms with Crippen LogP contribution in [0.25, 0.3) is 0 Å². The van der Waals surface area contributed by atoms with Crippen LogP contribution in [-0.4, -0.2) is 16.5 Å². The first-order valence-corrected chi connectivity index (χ1v) is 9.00. The van der Waals surface area contributed by atoms with Crippen molar-refractivity contribution < 1.29 is 9.90 Å². The number of allylic oxidation sites excluding steroid dienone is 2. The van der Waals surface area contributed by atoms with Crippen LogP contribution >= 0.6 is 0 Å². The minimum absolute atomic E-state index is 0.0336. The van der Waals surface area contributed by atoms with E-state index in [2.05, 4.69) is 19.9 Å². The molecule has 2 fully saturated rings. The molecular formula is C20H28O2. The van der Waals surface area contributed by atoms with Crippen molar-refractivity contribution in [1.29, 1.82) is 0 Å². The van der Waals surface area contributed by atoms with E-state index in [1.54, 1.807) is 0 Å². The van der Waals surface area contributed by atoms with Gasteiger partial charge in [-0.1, -0.05) is 31.1 Å². The molecule has 0 amide bonds. The molecule has 0 heterocycles. The summed E-state index contributed by atoms with van der Waals surface area (Å²) in [6.45, 7) is 6.66. The average molecular weight is 300 g/mol. The summed E-state index contributed by atoms with van der Waals surface area (Å²) in [6, 6.07) is 0. The predicted molar refractivity (Wildman–Crippen MR) is 87.2 cm³/mol. The van der Waals surface area contributed by atoms with Crippen LogP contribution < -0.4 is 0 Å². The third kappa shape index (κ3) is 1.79. The van der Waals surface area contributed by atoms with E-state index in [9.17, 15) is 9.90 Å². The number of aliphatic hydroxyl groups is 1. The average Bonchev–Trinajstić information content (AvgIpc) is 2.69. The van der Waals surface area contributed by atoms with Crippen LogP contribution in [0.15, 0.2) is 23.3 Å². The molecule has 0 aromatic rings. The van der Waals surface area contributed by atoms with Gasteiger partial charge in [0.15, 0.2) is 5.78 Å². The molecule has 0 saturated heterocycles. The summed E-state index contributed by atoms with van der Waals surface area (Å²) in [7, 11) is 0. The van der Waals surface area contributed by atoms with Crippen molar-refractivity contribution in [3.63, 3.8) is 0 Å². The number of hydrogen-bond donors (Lipinski definition) is 1. The quantitative estimate of drug-likeness (QED) is 0.685. The van der Waals surface area contributed by atoms with E-state index in [1.807, 2.05) is 13.0 Å². The Kier molecular flexibility index (Phi) is 3.05. The first-order valence-electron chi connectivity index (χ1n) is 9.00. The lowest BCUT2D eigenvalue weighted by Gasteiger charge is -2.55. The Hall–Kier alpha value is -0.890. The Balaban J connectivity index is 1.72. The van der Waals surface area contributed by atoms with E-state index in [0.717, 1.165) is 32.1 Å². The smallest absolute Gasteiger partial charge is 0.155 e. The topological polar surface area (TPSA) is 37.3 Å². The highest BCUT2D eigenvalue weighted by Crippen LogP contribution is 2.63. The van der Waals surface area contributed by atoms with Crippen LogP contribution in [0.2, 0.25) is 0 Å². The number of carbonyl (C=O) groups excluding carboxylic acids is 1. The van der Waals surface area contributed by atoms with Crippen LogP contribution in [0.1, 0.15) is 59.3 Å². The minimum atomic E-state index is -0.578. The van der Waals surface area contributed by atoms with Crippen molar-refractivity contribution in [2.24, 2.45) is 29.1 Å². The molecule has 4 aliphatic carbocycles. The zero-order valence-electron chi connectivity index (χ0n) is 14.1. The highest BCUT2D eigenvalue weighted by Gasteiger charge is 2.57. The Morgan fingerprint density at radius 1 is 1.27 bits per heavy atom. The fourth-order valence-electron chi connectivity index (χ4n) is 6.10. The van der Waals surface area contributed by atoms with Crippen molar-refractivity contribution >= 4 is 5.78 Å². The third-order valence-corrected chi connectivity index (χ3v) is 7.56. The van der Waals surface area contributed by atoms with E-state index < -0.39 is 5.60 Å². The number of rotatable bonds is 0. The van der Waals surface area contributed by atoms with Crippen LogP contribution in [0, 0.1) is 29.1 Å². The summed E-state index contributed by atoms with van der Waals surface area (Å²) in [5.41, 5.74) is 2.36. The van der Waals surface area contributed by atoms with Gasteiger partial charge in [0.25, 0.3) is 0 Å². The summed E-state index contributed by atoms with van der Waals surface area (Å²) >= 11 is 0. The van der Waals surface area contributed by atoms with Gasteiger partial charge in [-0.3, -0.25) is 4.79 Å². The molecule has 120 valence electrons. The molecule has 0 aromatic carbocycles. The molecule has 2 nitrogen and oxygen atoms in total. The molecule has 2 heteroatoms. The van der Waals surface area contributed by atoms with Gasteiger partial charge in [0, 0.05) is 11.8 Å². The van der Waals surface area contributed by atoms with Crippen molar-refractivity contribution in [2.45, 2.75) is 64.9 Å². The molecule has 4 aliphatic rings. The van der Waals surface area contributed by atoms with Gasteiger partial charge < -0.3 is 5.11 Å². The van der Waals surface area contributed by atoms with Gasteiger partial charge in [-0.25, -0.2) is 0 Å². The normalized spacial score (nSPS) is 50.6. The van der Waals surface area contributed by atoms with Crippen LogP contribution in [0.3, 0.4) is 0 Å². The lowest BCUT2D eigenvalue weighted by atomic mass is 9.50. The maximum atomic E-state index is 11.8. The number of fused-ring (bicyclic) bond motifs is 5. The Labute approximate surface area is 133 Å². The zero-order chi connectivity index (χ0) is 15.7. The lowest BCUT2D eigenvalue weighted by molar-refractivity contribution is -0.115. The monoisotopic (exact) mass is 300 g/mol. The molecular weight excluding hydrogens is 272 g/mol. The fraction of sp³-hybridized carbons (Fsp3) is 0.750. The molecule has 4 rings (SSSR count). The second kappa shape index (κ2) is 4.56. The van der Waals surface area contributed by atoms with Gasteiger partial charge in [0.1, 0.15) is 0 Å². The molecule has 22 heavy (non-hydrogen) atoms. The Morgan fingerprint density at radius 2 is 2.05 bits per heavy atom. The SMILES string of the molecule is C[C@@H]1CC2=CC(=O)CC[C@@H]2[C@H]2CC[C@@]3(C)C(=CC[C@]3(C)O)[C@@H]21. The second-order valence-electron chi connectivity index (χ2n) is 8.71. The van der Waals surface area contributed by atoms with Gasteiger partial charge in [0.05, 0.1) is 5.60 Å². The van der Waals surface area contributed by atoms with Gasteiger partial charge in [-0.2, -0.15) is 0 Å². The predicted octanol–water partition coefficient (Wildman–Crippen LogP) is 4.05. The molecule has 0 radical (unpaired) electrons. The lowest BCUT2D eigenvalue weighted by Crippen LogP contribution is -2.50. The zero-order valence-corrected chi connectivity index (χ0v) is 14.1. The van der Waals surface area contributed by atoms with E-state index in [0.29, 0.717) is 29.5 Å². The van der Waals surface area contributed by atoms with Crippen LogP contribution in [-0.2, 0) is 4.79 Å². The molecule has 0 aromatic heterocycles. The van der Waals surface area contributed by atoms with Gasteiger partial charge in [0.2, 0.25) is 0 Å². The summed E-state index contributed by atoms with van der Waals surface area (Å²) < 4.78 is 0. The Morgan fingerprint density at radius 3 is 2.82 bits per heavy atom. The minimum Gasteiger partial charge on any atom is -0.389 e. The molecule has 0 unspecified atom stereocenters. The van der Waals surface area contributed by atoms with E-state index >= 15 is 0 Å². The van der Waals surface area contributed by atoms with Crippen molar-refractivity contribution in [3.05, 3.63) is 23.3 Å². The molecule has 0 aliphatic heterocycles. The summed E-state index contributed by atoms with van der Waals surface area (Å²) in [5, 5.41) is 10.9. The first-order chi connectivity index (χ1) is 10.3. The maximum absolute atomic E-state index is 11.8. The largest absolute Gasteiger partial charge is 0.389 e. The maximum Gasteiger partial charge on any atom is 0.155 e. The van der Waals surface area contributed by atoms with Crippen molar-refractivity contribution in [3.8, 4) is 0 Å². The standard InChI is InChI=1S/C20H28O2/c1-12-10-13-11-14(21)4-5-15(13)16-6-8-19(2)17(18(12)16)7-9-20(19,3)22/h7,11-12,15-16,18,22H,4-6,8-10H2,1-3H3/t12-,15+,16-,18-,19+,20+/m1/s1. The van der Waals surface area contributed by atoms with Gasteiger partial charge in [-0.05, 0) is 68.8 Å². The number of ketones is 1. The van der Waals surface area contributed by atoms with Crippen LogP contribution in [0.5, 0.6) is 0 Å². The van der Waals surface area contributed by atoms with Gasteiger partial charge >= 0.3 is 0 Å². The number of carbonyl (C=O) groups is 1. The first kappa shape index (κ1) is 14.7. The van der Waals surface area contributed by atoms with E-state index in [-0.39, 0.29) is 5.41 Å². The molecule has 0 spiro atoms. The molecule has 2 saturated carbocycles. The van der Waals surface area contributed by atoms with Crippen molar-refractivity contribution in [2.75, 3.05) is 0 Å². The molecule has 1 N–H and O–H groups in total. The fourth-order valence-corrected chi connectivity index (χ4v) is 6.10. The summed E-state index contributed by atoms with van der Waals surface area (Å²) in [4.78, 5) is 11.8. The van der Waals surface area contributed by atoms with E-state index in [4.69, 9.17) is 0 Å². The summed E-state index contributed by atoms with van der Waals surface area (Å²) in [6.07, 6.45) is 10.3. The highest BCUT2D eigenvalue weighted by molar-refractivity contribution is 5.91. The van der Waals surface area contributed by atoms with Gasteiger partial charge in [-0.15, -0.1) is 0 Å². The summed E-state index contributed by atoms with van der Waals surface area (Å²) in [5.74, 6) is 2.85. The highest BCUT2D eigenvalue weighted by atomic mass is 16.3. The van der Waals surface area contributed by atoms with E-state index in [1.165, 1.54) is 17.6 Å². The Bertz CT molecular complexity index is 583. The van der Waals surface area contributed by atoms with Crippen LogP contribution in [0.4, 0.5) is 0 Å². The number of hydrogen-bond acceptors (Lipinski definition) is 2. The van der Waals surface area contributed by atoms with Crippen molar-refractivity contribution in [1.82, 2.24) is 0 Å². The second-order valence-corrected chi connectivity index (χ2v) is 8.71. The molecule has 0 bridgehead atoms. The molecule has 6 atom stereocenters.